The Balaban J connectivity index is 1.43. The molecule has 5 nitrogen and oxygen atoms in total. The molecule has 2 aliphatic rings. The second kappa shape index (κ2) is 8.84. The Hall–Kier alpha value is -1.92. The lowest BCUT2D eigenvalue weighted by Gasteiger charge is -2.30. The molecule has 1 atom stereocenters. The largest absolute Gasteiger partial charge is 0.354 e. The molecule has 0 radical (unpaired) electrons. The number of carbonyl (C=O) groups excluding carboxylic acids is 2. The summed E-state index contributed by atoms with van der Waals surface area (Å²) in [5.74, 6) is 1.28. The van der Waals surface area contributed by atoms with Crippen molar-refractivity contribution in [3.05, 3.63) is 34.7 Å². The highest BCUT2D eigenvalue weighted by molar-refractivity contribution is 7.21. The van der Waals surface area contributed by atoms with Crippen LogP contribution >= 0.6 is 11.3 Å². The molecule has 2 amide bonds. The molecule has 2 aliphatic heterocycles. The first kappa shape index (κ1) is 20.4. The van der Waals surface area contributed by atoms with Crippen molar-refractivity contribution in [2.75, 3.05) is 39.8 Å². The third-order valence-corrected chi connectivity index (χ3v) is 7.72. The van der Waals surface area contributed by atoms with Crippen molar-refractivity contribution in [2.24, 2.45) is 5.92 Å². The normalized spacial score (nSPS) is 21.0. The molecule has 0 unspecified atom stereocenters. The zero-order chi connectivity index (χ0) is 20.4. The minimum Gasteiger partial charge on any atom is -0.354 e. The van der Waals surface area contributed by atoms with Crippen molar-refractivity contribution >= 4 is 33.2 Å². The van der Waals surface area contributed by atoms with Crippen LogP contribution in [0.3, 0.4) is 0 Å². The quantitative estimate of drug-likeness (QED) is 0.813. The van der Waals surface area contributed by atoms with Gasteiger partial charge in [-0.15, -0.1) is 11.3 Å². The van der Waals surface area contributed by atoms with E-state index in [0.29, 0.717) is 6.42 Å². The van der Waals surface area contributed by atoms with Gasteiger partial charge in [-0.3, -0.25) is 9.59 Å². The summed E-state index contributed by atoms with van der Waals surface area (Å²) in [7, 11) is 1.68. The van der Waals surface area contributed by atoms with E-state index in [2.05, 4.69) is 29.3 Å². The maximum absolute atomic E-state index is 12.8. The van der Waals surface area contributed by atoms with E-state index >= 15 is 0 Å². The summed E-state index contributed by atoms with van der Waals surface area (Å²) >= 11 is 1.56. The second-order valence-corrected chi connectivity index (χ2v) is 9.57. The van der Waals surface area contributed by atoms with Gasteiger partial charge >= 0.3 is 0 Å². The average Bonchev–Trinajstić information content (AvgIpc) is 3.37. The summed E-state index contributed by atoms with van der Waals surface area (Å²) in [5, 5.41) is 3.95. The third-order valence-electron chi connectivity index (χ3n) is 6.53. The predicted octanol–water partition coefficient (Wildman–Crippen LogP) is 3.70. The highest BCUT2D eigenvalue weighted by atomic mass is 32.1. The van der Waals surface area contributed by atoms with Crippen LogP contribution in [0, 0.1) is 5.92 Å². The van der Waals surface area contributed by atoms with Crippen molar-refractivity contribution in [3.63, 3.8) is 0 Å². The van der Waals surface area contributed by atoms with Crippen LogP contribution in [0.5, 0.6) is 0 Å². The molecule has 0 aliphatic carbocycles. The Labute approximate surface area is 177 Å². The van der Waals surface area contributed by atoms with Crippen LogP contribution < -0.4 is 5.32 Å². The maximum atomic E-state index is 12.8. The summed E-state index contributed by atoms with van der Waals surface area (Å²) < 4.78 is 1.14. The number of likely N-dealkylation sites (tertiary alicyclic amines) is 2. The summed E-state index contributed by atoms with van der Waals surface area (Å²) in [6.45, 7) is 6.94. The highest BCUT2D eigenvalue weighted by Crippen LogP contribution is 2.40. The molecule has 0 spiro atoms. The smallest absolute Gasteiger partial charge is 0.261 e. The number of hydrogen-bond donors (Lipinski definition) is 1. The Bertz CT molecular complexity index is 885. The number of amides is 2. The number of piperidine rings is 1. The molecule has 29 heavy (non-hydrogen) atoms. The molecular formula is C23H31N3O2S. The van der Waals surface area contributed by atoms with Gasteiger partial charge in [0.25, 0.3) is 5.91 Å². The Kier molecular flexibility index (Phi) is 6.20. The van der Waals surface area contributed by atoms with Crippen LogP contribution in [0.15, 0.2) is 24.3 Å². The van der Waals surface area contributed by atoms with E-state index in [0.717, 1.165) is 65.6 Å². The van der Waals surface area contributed by atoms with E-state index in [-0.39, 0.29) is 17.7 Å². The molecule has 2 fully saturated rings. The van der Waals surface area contributed by atoms with Gasteiger partial charge in [-0.25, -0.2) is 0 Å². The molecule has 0 bridgehead atoms. The molecule has 2 aromatic rings. The minimum atomic E-state index is -0.0229. The van der Waals surface area contributed by atoms with Crippen LogP contribution in [0.2, 0.25) is 0 Å². The van der Waals surface area contributed by atoms with E-state index in [4.69, 9.17) is 0 Å². The van der Waals surface area contributed by atoms with Crippen LogP contribution in [-0.4, -0.2) is 61.4 Å². The monoisotopic (exact) mass is 413 g/mol. The van der Waals surface area contributed by atoms with E-state index in [1.807, 2.05) is 17.0 Å². The van der Waals surface area contributed by atoms with Gasteiger partial charge in [0.1, 0.15) is 0 Å². The van der Waals surface area contributed by atoms with Gasteiger partial charge in [-0.2, -0.15) is 0 Å². The van der Waals surface area contributed by atoms with Crippen molar-refractivity contribution in [3.8, 4) is 0 Å². The van der Waals surface area contributed by atoms with Gasteiger partial charge in [-0.1, -0.05) is 25.1 Å². The number of carbonyl (C=O) groups is 2. The number of fused-ring (bicyclic) bond motifs is 1. The van der Waals surface area contributed by atoms with E-state index in [9.17, 15) is 9.59 Å². The molecule has 1 aromatic heterocycles. The zero-order valence-electron chi connectivity index (χ0n) is 17.4. The lowest BCUT2D eigenvalue weighted by molar-refractivity contribution is -0.130. The fourth-order valence-electron chi connectivity index (χ4n) is 4.67. The van der Waals surface area contributed by atoms with Crippen molar-refractivity contribution in [1.29, 1.82) is 0 Å². The molecule has 0 saturated carbocycles. The van der Waals surface area contributed by atoms with Gasteiger partial charge in [0, 0.05) is 43.7 Å². The van der Waals surface area contributed by atoms with Crippen LogP contribution in [-0.2, 0) is 4.79 Å². The molecule has 4 rings (SSSR count). The molecule has 1 N–H and O–H groups in total. The molecule has 6 heteroatoms. The van der Waals surface area contributed by atoms with Crippen molar-refractivity contribution in [2.45, 2.75) is 38.5 Å². The fourth-order valence-corrected chi connectivity index (χ4v) is 5.91. The number of rotatable bonds is 5. The van der Waals surface area contributed by atoms with E-state index in [1.54, 1.807) is 18.4 Å². The van der Waals surface area contributed by atoms with Crippen LogP contribution in [0.4, 0.5) is 0 Å². The first-order valence-electron chi connectivity index (χ1n) is 10.8. The predicted molar refractivity (Wildman–Crippen MR) is 119 cm³/mol. The molecule has 3 heterocycles. The van der Waals surface area contributed by atoms with E-state index in [1.165, 1.54) is 12.8 Å². The Morgan fingerprint density at radius 3 is 2.66 bits per heavy atom. The SMILES string of the molecule is CNC(=O)c1sc2ccccc2c1[C@@H]1CCN(C(=O)CCN2CCC(C)CC2)C1. The number of nitrogens with zero attached hydrogens (tertiary/aromatic N) is 2. The molecule has 2 saturated heterocycles. The third kappa shape index (κ3) is 4.33. The van der Waals surface area contributed by atoms with Crippen LogP contribution in [0.1, 0.15) is 53.8 Å². The minimum absolute atomic E-state index is 0.0229. The lowest BCUT2D eigenvalue weighted by Crippen LogP contribution is -2.37. The number of benzene rings is 1. The second-order valence-electron chi connectivity index (χ2n) is 8.52. The Morgan fingerprint density at radius 1 is 1.14 bits per heavy atom. The average molecular weight is 414 g/mol. The van der Waals surface area contributed by atoms with Crippen molar-refractivity contribution < 1.29 is 9.59 Å². The number of thiophene rings is 1. The van der Waals surface area contributed by atoms with Gasteiger partial charge < -0.3 is 15.1 Å². The first-order valence-corrected chi connectivity index (χ1v) is 11.6. The van der Waals surface area contributed by atoms with Crippen LogP contribution in [0.25, 0.3) is 10.1 Å². The molecular weight excluding hydrogens is 382 g/mol. The van der Waals surface area contributed by atoms with E-state index < -0.39 is 0 Å². The summed E-state index contributed by atoms with van der Waals surface area (Å²) in [5.41, 5.74) is 1.13. The van der Waals surface area contributed by atoms with Gasteiger partial charge in [-0.05, 0) is 55.3 Å². The summed E-state index contributed by atoms with van der Waals surface area (Å²) in [6, 6.07) is 8.23. The zero-order valence-corrected chi connectivity index (χ0v) is 18.3. The lowest BCUT2D eigenvalue weighted by atomic mass is 9.95. The standard InChI is InChI=1S/C23H31N3O2S/c1-16-7-11-25(12-8-16)13-10-20(27)26-14-9-17(15-26)21-18-5-3-4-6-19(18)29-22(21)23(28)24-2/h3-6,16-17H,7-15H2,1-2H3,(H,24,28)/t17-/m1/s1. The topological polar surface area (TPSA) is 52.7 Å². The molecule has 1 aromatic carbocycles. The first-order chi connectivity index (χ1) is 14.1. The summed E-state index contributed by atoms with van der Waals surface area (Å²) in [4.78, 5) is 30.6. The number of nitrogens with one attached hydrogen (secondary N) is 1. The highest BCUT2D eigenvalue weighted by Gasteiger charge is 2.32. The summed E-state index contributed by atoms with van der Waals surface area (Å²) in [6.07, 6.45) is 4.02. The van der Waals surface area contributed by atoms with Crippen molar-refractivity contribution in [1.82, 2.24) is 15.1 Å². The fraction of sp³-hybridized carbons (Fsp3) is 0.565. The maximum Gasteiger partial charge on any atom is 0.261 e. The molecule has 156 valence electrons. The van der Waals surface area contributed by atoms with Gasteiger partial charge in [0.05, 0.1) is 4.88 Å². The Morgan fingerprint density at radius 2 is 1.90 bits per heavy atom. The number of hydrogen-bond acceptors (Lipinski definition) is 4. The van der Waals surface area contributed by atoms with Gasteiger partial charge in [0.2, 0.25) is 5.91 Å². The van der Waals surface area contributed by atoms with Gasteiger partial charge in [0.15, 0.2) is 0 Å².